The number of nitrogens with zero attached hydrogens (tertiary/aromatic N) is 2. The summed E-state index contributed by atoms with van der Waals surface area (Å²) in [5.41, 5.74) is 1.52. The van der Waals surface area contributed by atoms with Crippen LogP contribution in [-0.4, -0.2) is 23.1 Å². The van der Waals surface area contributed by atoms with Crippen molar-refractivity contribution in [1.82, 2.24) is 4.98 Å². The van der Waals surface area contributed by atoms with Crippen molar-refractivity contribution in [2.75, 3.05) is 11.9 Å². The Kier molecular flexibility index (Phi) is 4.52. The number of carboxylic acids is 1. The number of rotatable bonds is 5. The number of pyridine rings is 1. The Morgan fingerprint density at radius 1 is 1.33 bits per heavy atom. The highest BCUT2D eigenvalue weighted by Crippen LogP contribution is 2.24. The van der Waals surface area contributed by atoms with Crippen LogP contribution >= 0.6 is 0 Å². The third kappa shape index (κ3) is 3.56. The molecule has 0 saturated heterocycles. The predicted octanol–water partition coefficient (Wildman–Crippen LogP) is 3.64. The quantitative estimate of drug-likeness (QED) is 0.912. The monoisotopic (exact) mass is 288 g/mol. The van der Waals surface area contributed by atoms with E-state index in [4.69, 9.17) is 0 Å². The summed E-state index contributed by atoms with van der Waals surface area (Å²) in [6.07, 6.45) is 1.57. The van der Waals surface area contributed by atoms with Gasteiger partial charge in [-0.15, -0.1) is 0 Å². The van der Waals surface area contributed by atoms with E-state index in [-0.39, 0.29) is 11.4 Å². The molecule has 0 aliphatic heterocycles. The van der Waals surface area contributed by atoms with E-state index in [1.807, 2.05) is 6.92 Å². The molecule has 0 aliphatic carbocycles. The Bertz CT molecular complexity index is 658. The molecule has 1 heterocycles. The lowest BCUT2D eigenvalue weighted by molar-refractivity contribution is 0.0696. The SMILES string of the molecule is CCCc1cc(C(=O)O)cc(N(C)c2cccc(F)c2)n1. The van der Waals surface area contributed by atoms with Gasteiger partial charge in [0.15, 0.2) is 0 Å². The van der Waals surface area contributed by atoms with E-state index in [1.165, 1.54) is 18.2 Å². The van der Waals surface area contributed by atoms with E-state index in [9.17, 15) is 14.3 Å². The Labute approximate surface area is 122 Å². The topological polar surface area (TPSA) is 53.4 Å². The van der Waals surface area contributed by atoms with Crippen molar-refractivity contribution in [1.29, 1.82) is 0 Å². The first-order valence-electron chi connectivity index (χ1n) is 6.75. The summed E-state index contributed by atoms with van der Waals surface area (Å²) >= 11 is 0. The Morgan fingerprint density at radius 2 is 2.10 bits per heavy atom. The lowest BCUT2D eigenvalue weighted by atomic mass is 10.1. The molecule has 1 aromatic carbocycles. The molecule has 2 aromatic rings. The normalized spacial score (nSPS) is 10.4. The maximum absolute atomic E-state index is 13.3. The van der Waals surface area contributed by atoms with Gasteiger partial charge in [0.1, 0.15) is 11.6 Å². The highest BCUT2D eigenvalue weighted by atomic mass is 19.1. The fraction of sp³-hybridized carbons (Fsp3) is 0.250. The molecule has 0 bridgehead atoms. The Hall–Kier alpha value is -2.43. The van der Waals surface area contributed by atoms with Crippen LogP contribution in [0.3, 0.4) is 0 Å². The highest BCUT2D eigenvalue weighted by molar-refractivity contribution is 5.89. The minimum absolute atomic E-state index is 0.187. The predicted molar refractivity (Wildman–Crippen MR) is 79.7 cm³/mol. The van der Waals surface area contributed by atoms with Crippen molar-refractivity contribution < 1.29 is 14.3 Å². The number of aryl methyl sites for hydroxylation is 1. The lowest BCUT2D eigenvalue weighted by Crippen LogP contribution is -2.14. The van der Waals surface area contributed by atoms with Crippen LogP contribution < -0.4 is 4.90 Å². The maximum Gasteiger partial charge on any atom is 0.335 e. The third-order valence-corrected chi connectivity index (χ3v) is 3.16. The van der Waals surface area contributed by atoms with Crippen LogP contribution in [0.25, 0.3) is 0 Å². The van der Waals surface area contributed by atoms with Gasteiger partial charge in [-0.25, -0.2) is 14.2 Å². The number of carboxylic acid groups (broad SMARTS) is 1. The first kappa shape index (κ1) is 15.0. The molecule has 0 unspecified atom stereocenters. The number of hydrogen-bond acceptors (Lipinski definition) is 3. The van der Waals surface area contributed by atoms with Gasteiger partial charge in [-0.3, -0.25) is 0 Å². The third-order valence-electron chi connectivity index (χ3n) is 3.16. The molecule has 0 saturated carbocycles. The first-order chi connectivity index (χ1) is 10.0. The number of aromatic nitrogens is 1. The number of carbonyl (C=O) groups is 1. The van der Waals surface area contributed by atoms with E-state index in [0.29, 0.717) is 17.9 Å². The molecular formula is C16H17FN2O2. The highest BCUT2D eigenvalue weighted by Gasteiger charge is 2.12. The molecule has 110 valence electrons. The van der Waals surface area contributed by atoms with Crippen molar-refractivity contribution in [3.63, 3.8) is 0 Å². The molecule has 4 nitrogen and oxygen atoms in total. The van der Waals surface area contributed by atoms with Gasteiger partial charge in [-0.05, 0) is 36.8 Å². The van der Waals surface area contributed by atoms with Crippen molar-refractivity contribution in [3.05, 3.63) is 53.5 Å². The molecule has 21 heavy (non-hydrogen) atoms. The first-order valence-corrected chi connectivity index (χ1v) is 6.75. The van der Waals surface area contributed by atoms with Crippen molar-refractivity contribution in [2.24, 2.45) is 0 Å². The van der Waals surface area contributed by atoms with Crippen molar-refractivity contribution in [2.45, 2.75) is 19.8 Å². The summed E-state index contributed by atoms with van der Waals surface area (Å²) in [6, 6.07) is 9.17. The van der Waals surface area contributed by atoms with E-state index in [2.05, 4.69) is 4.98 Å². The van der Waals surface area contributed by atoms with Crippen molar-refractivity contribution in [3.8, 4) is 0 Å². The molecule has 0 radical (unpaired) electrons. The molecule has 0 amide bonds. The summed E-state index contributed by atoms with van der Waals surface area (Å²) in [5, 5.41) is 9.19. The Balaban J connectivity index is 2.44. The van der Waals surface area contributed by atoms with Gasteiger partial charge in [0.25, 0.3) is 0 Å². The van der Waals surface area contributed by atoms with Crippen LogP contribution in [0.4, 0.5) is 15.9 Å². The molecule has 1 N–H and O–H groups in total. The van der Waals surface area contributed by atoms with E-state index in [1.54, 1.807) is 30.1 Å². The molecule has 0 aliphatic rings. The van der Waals surface area contributed by atoms with Gasteiger partial charge in [0, 0.05) is 18.4 Å². The fourth-order valence-electron chi connectivity index (χ4n) is 2.07. The van der Waals surface area contributed by atoms with Gasteiger partial charge in [-0.1, -0.05) is 19.4 Å². The second-order valence-electron chi connectivity index (χ2n) is 4.80. The summed E-state index contributed by atoms with van der Waals surface area (Å²) < 4.78 is 13.3. The second-order valence-corrected chi connectivity index (χ2v) is 4.80. The molecule has 0 atom stereocenters. The minimum Gasteiger partial charge on any atom is -0.478 e. The summed E-state index contributed by atoms with van der Waals surface area (Å²) in [4.78, 5) is 17.3. The van der Waals surface area contributed by atoms with Crippen molar-refractivity contribution >= 4 is 17.5 Å². The van der Waals surface area contributed by atoms with E-state index >= 15 is 0 Å². The maximum atomic E-state index is 13.3. The van der Waals surface area contributed by atoms with E-state index in [0.717, 1.165) is 12.1 Å². The summed E-state index contributed by atoms with van der Waals surface area (Å²) in [7, 11) is 1.73. The smallest absolute Gasteiger partial charge is 0.335 e. The molecule has 1 aromatic heterocycles. The lowest BCUT2D eigenvalue weighted by Gasteiger charge is -2.19. The average Bonchev–Trinajstić information content (AvgIpc) is 2.46. The number of hydrogen-bond donors (Lipinski definition) is 1. The number of anilines is 2. The van der Waals surface area contributed by atoms with Gasteiger partial charge in [0.05, 0.1) is 5.56 Å². The van der Waals surface area contributed by atoms with Crippen LogP contribution in [0.2, 0.25) is 0 Å². The van der Waals surface area contributed by atoms with E-state index < -0.39 is 5.97 Å². The standard InChI is InChI=1S/C16H17FN2O2/c1-3-5-13-8-11(16(20)21)9-15(18-13)19(2)14-7-4-6-12(17)10-14/h4,6-10H,3,5H2,1-2H3,(H,20,21). The fourth-order valence-corrected chi connectivity index (χ4v) is 2.07. The molecule has 2 rings (SSSR count). The number of aromatic carboxylic acids is 1. The van der Waals surface area contributed by atoms with Gasteiger partial charge < -0.3 is 10.0 Å². The molecule has 0 spiro atoms. The molecule has 5 heteroatoms. The largest absolute Gasteiger partial charge is 0.478 e. The molecule has 0 fully saturated rings. The van der Waals surface area contributed by atoms with Gasteiger partial charge in [0.2, 0.25) is 0 Å². The summed E-state index contributed by atoms with van der Waals surface area (Å²) in [6.45, 7) is 2.01. The van der Waals surface area contributed by atoms with Gasteiger partial charge >= 0.3 is 5.97 Å². The second kappa shape index (κ2) is 6.35. The van der Waals surface area contributed by atoms with Crippen LogP contribution in [-0.2, 0) is 6.42 Å². The zero-order valence-corrected chi connectivity index (χ0v) is 12.0. The summed E-state index contributed by atoms with van der Waals surface area (Å²) in [5.74, 6) is -0.852. The average molecular weight is 288 g/mol. The van der Waals surface area contributed by atoms with Crippen LogP contribution in [0.15, 0.2) is 36.4 Å². The molecular weight excluding hydrogens is 271 g/mol. The van der Waals surface area contributed by atoms with Gasteiger partial charge in [-0.2, -0.15) is 0 Å². The van der Waals surface area contributed by atoms with Crippen LogP contribution in [0.1, 0.15) is 29.4 Å². The zero-order chi connectivity index (χ0) is 15.4. The zero-order valence-electron chi connectivity index (χ0n) is 12.0. The van der Waals surface area contributed by atoms with Crippen LogP contribution in [0, 0.1) is 5.82 Å². The minimum atomic E-state index is -0.997. The van der Waals surface area contributed by atoms with Crippen LogP contribution in [0.5, 0.6) is 0 Å². The number of benzene rings is 1. The Morgan fingerprint density at radius 3 is 2.71 bits per heavy atom. The number of halogens is 1.